The largest absolute Gasteiger partial charge is 0.481 e. The zero-order valence-corrected chi connectivity index (χ0v) is 15.5. The molecule has 0 saturated heterocycles. The second kappa shape index (κ2) is 8.35. The lowest BCUT2D eigenvalue weighted by Gasteiger charge is -2.10. The maximum absolute atomic E-state index is 11.8. The molecule has 0 spiro atoms. The van der Waals surface area contributed by atoms with Gasteiger partial charge in [0.25, 0.3) is 5.89 Å². The molecule has 2 N–H and O–H groups in total. The monoisotopic (exact) mass is 366 g/mol. The summed E-state index contributed by atoms with van der Waals surface area (Å²) in [7, 11) is 0. The first-order chi connectivity index (χ1) is 13.0. The van der Waals surface area contributed by atoms with Gasteiger partial charge in [0.15, 0.2) is 6.10 Å². The standard InChI is InChI=1S/C20H22N4O3/c1-13(2)21-20(25)22-16-9-7-8-15(12-16)18-23-19(27-24-18)14(3)26-17-10-5-4-6-11-17/h4-14H,1-3H3,(H2,21,22,25). The van der Waals surface area contributed by atoms with Crippen LogP contribution in [0.3, 0.4) is 0 Å². The number of hydrogen-bond acceptors (Lipinski definition) is 5. The summed E-state index contributed by atoms with van der Waals surface area (Å²) in [6.07, 6.45) is -0.383. The molecule has 0 bridgehead atoms. The normalized spacial score (nSPS) is 11.9. The van der Waals surface area contributed by atoms with Crippen molar-refractivity contribution in [3.05, 3.63) is 60.5 Å². The summed E-state index contributed by atoms with van der Waals surface area (Å²) in [5.74, 6) is 1.54. The van der Waals surface area contributed by atoms with Crippen LogP contribution in [0.4, 0.5) is 10.5 Å². The van der Waals surface area contributed by atoms with Crippen LogP contribution in [-0.4, -0.2) is 22.2 Å². The fourth-order valence-corrected chi connectivity index (χ4v) is 2.44. The maximum atomic E-state index is 11.8. The minimum Gasteiger partial charge on any atom is -0.481 e. The number of nitrogens with zero attached hydrogens (tertiary/aromatic N) is 2. The van der Waals surface area contributed by atoms with E-state index in [1.807, 2.05) is 63.2 Å². The van der Waals surface area contributed by atoms with Crippen LogP contribution in [0.2, 0.25) is 0 Å². The molecule has 0 aliphatic rings. The fourth-order valence-electron chi connectivity index (χ4n) is 2.44. The van der Waals surface area contributed by atoms with Crippen molar-refractivity contribution in [3.63, 3.8) is 0 Å². The SMILES string of the molecule is CC(C)NC(=O)Nc1cccc(-c2noc(C(C)Oc3ccccc3)n2)c1. The summed E-state index contributed by atoms with van der Waals surface area (Å²) < 4.78 is 11.1. The van der Waals surface area contributed by atoms with E-state index in [0.29, 0.717) is 17.4 Å². The van der Waals surface area contributed by atoms with Crippen molar-refractivity contribution in [1.82, 2.24) is 15.5 Å². The highest BCUT2D eigenvalue weighted by Gasteiger charge is 2.17. The number of aromatic nitrogens is 2. The molecule has 140 valence electrons. The van der Waals surface area contributed by atoms with E-state index < -0.39 is 0 Å². The third kappa shape index (κ3) is 5.07. The molecule has 0 saturated carbocycles. The molecule has 7 heteroatoms. The van der Waals surface area contributed by atoms with Gasteiger partial charge in [0.05, 0.1) is 0 Å². The van der Waals surface area contributed by atoms with Crippen LogP contribution in [0.1, 0.15) is 32.8 Å². The van der Waals surface area contributed by atoms with Crippen molar-refractivity contribution in [1.29, 1.82) is 0 Å². The van der Waals surface area contributed by atoms with Crippen molar-refractivity contribution in [3.8, 4) is 17.1 Å². The molecule has 2 aromatic carbocycles. The molecule has 3 aromatic rings. The molecule has 7 nitrogen and oxygen atoms in total. The van der Waals surface area contributed by atoms with Crippen LogP contribution in [0.15, 0.2) is 59.1 Å². The minimum absolute atomic E-state index is 0.0547. The summed E-state index contributed by atoms with van der Waals surface area (Å²) >= 11 is 0. The van der Waals surface area contributed by atoms with E-state index in [4.69, 9.17) is 9.26 Å². The van der Waals surface area contributed by atoms with Gasteiger partial charge in [0.1, 0.15) is 5.75 Å². The summed E-state index contributed by atoms with van der Waals surface area (Å²) in [4.78, 5) is 16.3. The zero-order valence-electron chi connectivity index (χ0n) is 15.5. The van der Waals surface area contributed by atoms with Gasteiger partial charge < -0.3 is 19.9 Å². The third-order valence-corrected chi connectivity index (χ3v) is 3.64. The number of anilines is 1. The van der Waals surface area contributed by atoms with Crippen LogP contribution >= 0.6 is 0 Å². The molecular weight excluding hydrogens is 344 g/mol. The molecule has 0 aliphatic heterocycles. The lowest BCUT2D eigenvalue weighted by Crippen LogP contribution is -2.34. The number of para-hydroxylation sites is 1. The Kier molecular flexibility index (Phi) is 5.71. The number of ether oxygens (including phenoxy) is 1. The highest BCUT2D eigenvalue weighted by molar-refractivity contribution is 5.90. The molecule has 2 amide bonds. The van der Waals surface area contributed by atoms with Gasteiger partial charge in [-0.2, -0.15) is 4.98 Å². The molecule has 1 atom stereocenters. The van der Waals surface area contributed by atoms with Crippen molar-refractivity contribution < 1.29 is 14.1 Å². The van der Waals surface area contributed by atoms with E-state index in [2.05, 4.69) is 20.8 Å². The van der Waals surface area contributed by atoms with Crippen LogP contribution in [0.25, 0.3) is 11.4 Å². The Hall–Kier alpha value is -3.35. The lowest BCUT2D eigenvalue weighted by atomic mass is 10.2. The first kappa shape index (κ1) is 18.4. The number of hydrogen-bond donors (Lipinski definition) is 2. The van der Waals surface area contributed by atoms with Gasteiger partial charge >= 0.3 is 6.03 Å². The van der Waals surface area contributed by atoms with Gasteiger partial charge in [-0.05, 0) is 45.0 Å². The van der Waals surface area contributed by atoms with E-state index >= 15 is 0 Å². The van der Waals surface area contributed by atoms with E-state index in [1.54, 1.807) is 12.1 Å². The third-order valence-electron chi connectivity index (χ3n) is 3.64. The number of carbonyl (C=O) groups is 1. The summed E-state index contributed by atoms with van der Waals surface area (Å²) in [6.45, 7) is 5.64. The molecule has 1 heterocycles. The molecule has 0 fully saturated rings. The average molecular weight is 366 g/mol. The molecule has 1 aromatic heterocycles. The van der Waals surface area contributed by atoms with Crippen molar-refractivity contribution >= 4 is 11.7 Å². The highest BCUT2D eigenvalue weighted by atomic mass is 16.5. The Morgan fingerprint density at radius 3 is 2.59 bits per heavy atom. The molecule has 0 radical (unpaired) electrons. The Morgan fingerprint density at radius 1 is 1.07 bits per heavy atom. The second-order valence-corrected chi connectivity index (χ2v) is 6.36. The van der Waals surface area contributed by atoms with E-state index in [-0.39, 0.29) is 18.2 Å². The van der Waals surface area contributed by atoms with Crippen LogP contribution in [0.5, 0.6) is 5.75 Å². The fraction of sp³-hybridized carbons (Fsp3) is 0.250. The first-order valence-electron chi connectivity index (χ1n) is 8.74. The van der Waals surface area contributed by atoms with E-state index in [9.17, 15) is 4.79 Å². The molecule has 1 unspecified atom stereocenters. The van der Waals surface area contributed by atoms with Crippen molar-refractivity contribution in [2.24, 2.45) is 0 Å². The van der Waals surface area contributed by atoms with E-state index in [1.165, 1.54) is 0 Å². The number of rotatable bonds is 6. The molecule has 3 rings (SSSR count). The Labute approximate surface area is 157 Å². The Morgan fingerprint density at radius 2 is 1.85 bits per heavy atom. The summed E-state index contributed by atoms with van der Waals surface area (Å²) in [5.41, 5.74) is 1.38. The van der Waals surface area contributed by atoms with Gasteiger partial charge in [0.2, 0.25) is 5.82 Å². The number of carbonyl (C=O) groups excluding carboxylic acids is 1. The van der Waals surface area contributed by atoms with Crippen molar-refractivity contribution in [2.45, 2.75) is 32.9 Å². The van der Waals surface area contributed by atoms with Gasteiger partial charge in [-0.1, -0.05) is 35.5 Å². The zero-order chi connectivity index (χ0) is 19.2. The number of amides is 2. The molecule has 27 heavy (non-hydrogen) atoms. The van der Waals surface area contributed by atoms with E-state index in [0.717, 1.165) is 11.3 Å². The number of nitrogens with one attached hydrogen (secondary N) is 2. The Balaban J connectivity index is 1.70. The molecule has 0 aliphatic carbocycles. The first-order valence-corrected chi connectivity index (χ1v) is 8.74. The lowest BCUT2D eigenvalue weighted by molar-refractivity contribution is 0.176. The predicted molar refractivity (Wildman–Crippen MR) is 103 cm³/mol. The van der Waals surface area contributed by atoms with Gasteiger partial charge in [-0.25, -0.2) is 4.79 Å². The summed E-state index contributed by atoms with van der Waals surface area (Å²) in [5, 5.41) is 9.58. The Bertz CT molecular complexity index is 893. The highest BCUT2D eigenvalue weighted by Crippen LogP contribution is 2.24. The molecular formula is C20H22N4O3. The number of urea groups is 1. The number of benzene rings is 2. The smallest absolute Gasteiger partial charge is 0.319 e. The van der Waals surface area contributed by atoms with Crippen LogP contribution in [-0.2, 0) is 0 Å². The van der Waals surface area contributed by atoms with Crippen LogP contribution in [0, 0.1) is 0 Å². The summed E-state index contributed by atoms with van der Waals surface area (Å²) in [6, 6.07) is 16.5. The van der Waals surface area contributed by atoms with Crippen LogP contribution < -0.4 is 15.4 Å². The topological polar surface area (TPSA) is 89.3 Å². The van der Waals surface area contributed by atoms with Gasteiger partial charge in [0, 0.05) is 17.3 Å². The van der Waals surface area contributed by atoms with Gasteiger partial charge in [-0.15, -0.1) is 0 Å². The van der Waals surface area contributed by atoms with Gasteiger partial charge in [-0.3, -0.25) is 0 Å². The minimum atomic E-state index is -0.383. The average Bonchev–Trinajstić information content (AvgIpc) is 3.12. The predicted octanol–water partition coefficient (Wildman–Crippen LogP) is 4.41. The maximum Gasteiger partial charge on any atom is 0.319 e. The second-order valence-electron chi connectivity index (χ2n) is 6.36. The quantitative estimate of drug-likeness (QED) is 0.675. The van der Waals surface area contributed by atoms with Crippen molar-refractivity contribution in [2.75, 3.05) is 5.32 Å².